The molecule has 2 amide bonds. The zero-order chi connectivity index (χ0) is 16.9. The average molecular weight is 396 g/mol. The highest BCUT2D eigenvalue weighted by atomic mass is 79.9. The Hall–Kier alpha value is -2.16. The van der Waals surface area contributed by atoms with E-state index in [9.17, 15) is 13.2 Å². The number of anilines is 1. The number of primary sulfonamides is 1. The molecule has 8 heteroatoms. The van der Waals surface area contributed by atoms with Crippen molar-refractivity contribution >= 4 is 43.7 Å². The second-order valence-electron chi connectivity index (χ2n) is 4.55. The number of carbonyl (C=O) groups is 1. The Morgan fingerprint density at radius 1 is 1.04 bits per heavy atom. The Labute approximate surface area is 142 Å². The molecule has 0 aliphatic carbocycles. The summed E-state index contributed by atoms with van der Waals surface area (Å²) in [6, 6.07) is 12.7. The average Bonchev–Trinajstić information content (AvgIpc) is 2.49. The topological polar surface area (TPSA) is 101 Å². The monoisotopic (exact) mass is 395 g/mol. The van der Waals surface area contributed by atoms with E-state index in [0.717, 1.165) is 10.0 Å². The van der Waals surface area contributed by atoms with Gasteiger partial charge in [-0.2, -0.15) is 0 Å². The van der Waals surface area contributed by atoms with Gasteiger partial charge in [-0.1, -0.05) is 28.1 Å². The summed E-state index contributed by atoms with van der Waals surface area (Å²) in [7, 11) is -3.74. The molecule has 23 heavy (non-hydrogen) atoms. The van der Waals surface area contributed by atoms with Crippen molar-refractivity contribution < 1.29 is 13.2 Å². The predicted molar refractivity (Wildman–Crippen MR) is 93.1 cm³/mol. The van der Waals surface area contributed by atoms with Crippen molar-refractivity contribution in [2.75, 3.05) is 5.32 Å². The Morgan fingerprint density at radius 2 is 1.65 bits per heavy atom. The molecule has 0 heterocycles. The van der Waals surface area contributed by atoms with Crippen molar-refractivity contribution in [1.29, 1.82) is 0 Å². The fourth-order valence-corrected chi connectivity index (χ4v) is 2.46. The molecule has 2 rings (SSSR count). The van der Waals surface area contributed by atoms with Crippen LogP contribution in [0.2, 0.25) is 0 Å². The van der Waals surface area contributed by atoms with E-state index in [0.29, 0.717) is 5.69 Å². The van der Waals surface area contributed by atoms with Gasteiger partial charge in [0.2, 0.25) is 10.0 Å². The first-order valence-corrected chi connectivity index (χ1v) is 8.81. The van der Waals surface area contributed by atoms with Gasteiger partial charge in [0.15, 0.2) is 0 Å². The molecule has 0 fully saturated rings. The largest absolute Gasteiger partial charge is 0.323 e. The number of amides is 2. The fraction of sp³-hybridized carbons (Fsp3) is 0. The number of hydrogen-bond acceptors (Lipinski definition) is 3. The number of nitrogens with two attached hydrogens (primary N) is 1. The van der Waals surface area contributed by atoms with Crippen LogP contribution in [0.3, 0.4) is 0 Å². The number of benzene rings is 2. The van der Waals surface area contributed by atoms with Crippen LogP contribution in [0.15, 0.2) is 64.1 Å². The van der Waals surface area contributed by atoms with Crippen LogP contribution in [0, 0.1) is 0 Å². The molecule has 0 radical (unpaired) electrons. The minimum absolute atomic E-state index is 0.0152. The highest BCUT2D eigenvalue weighted by Crippen LogP contribution is 2.13. The van der Waals surface area contributed by atoms with Gasteiger partial charge in [0.25, 0.3) is 0 Å². The van der Waals surface area contributed by atoms with Gasteiger partial charge in [-0.05, 0) is 48.0 Å². The molecule has 0 atom stereocenters. The van der Waals surface area contributed by atoms with E-state index in [1.54, 1.807) is 6.08 Å². The van der Waals surface area contributed by atoms with E-state index in [1.807, 2.05) is 24.3 Å². The van der Waals surface area contributed by atoms with Crippen molar-refractivity contribution in [2.45, 2.75) is 4.90 Å². The first kappa shape index (κ1) is 17.2. The normalized spacial score (nSPS) is 11.4. The van der Waals surface area contributed by atoms with Gasteiger partial charge in [-0.3, -0.25) is 0 Å². The Bertz CT molecular complexity index is 816. The van der Waals surface area contributed by atoms with E-state index < -0.39 is 16.1 Å². The summed E-state index contributed by atoms with van der Waals surface area (Å²) in [6.45, 7) is 0. The summed E-state index contributed by atoms with van der Waals surface area (Å²) in [5, 5.41) is 10.1. The van der Waals surface area contributed by atoms with Crippen molar-refractivity contribution in [3.63, 3.8) is 0 Å². The van der Waals surface area contributed by atoms with Crippen LogP contribution in [-0.2, 0) is 10.0 Å². The molecule has 0 aliphatic rings. The third kappa shape index (κ3) is 5.51. The minimum Gasteiger partial charge on any atom is -0.314 e. The second-order valence-corrected chi connectivity index (χ2v) is 7.03. The van der Waals surface area contributed by atoms with E-state index in [4.69, 9.17) is 5.14 Å². The highest BCUT2D eigenvalue weighted by Gasteiger charge is 2.07. The number of sulfonamides is 1. The Kier molecular flexibility index (Phi) is 5.54. The maximum atomic E-state index is 11.7. The molecule has 0 aliphatic heterocycles. The molecular weight excluding hydrogens is 382 g/mol. The zero-order valence-electron chi connectivity index (χ0n) is 11.9. The van der Waals surface area contributed by atoms with Crippen molar-refractivity contribution in [1.82, 2.24) is 5.32 Å². The molecule has 0 spiro atoms. The molecule has 4 N–H and O–H groups in total. The number of urea groups is 1. The summed E-state index contributed by atoms with van der Waals surface area (Å²) >= 11 is 3.34. The lowest BCUT2D eigenvalue weighted by Crippen LogP contribution is -2.23. The Morgan fingerprint density at radius 3 is 2.22 bits per heavy atom. The smallest absolute Gasteiger partial charge is 0.314 e. The summed E-state index contributed by atoms with van der Waals surface area (Å²) in [6.07, 6.45) is 3.26. The number of hydrogen-bond donors (Lipinski definition) is 3. The number of nitrogens with one attached hydrogen (secondary N) is 2. The SMILES string of the molecule is NS(=O)(=O)c1ccc(NC(=O)N/C=C/c2ccc(Br)cc2)cc1. The zero-order valence-corrected chi connectivity index (χ0v) is 14.3. The van der Waals surface area contributed by atoms with Crippen LogP contribution in [0.1, 0.15) is 5.56 Å². The van der Waals surface area contributed by atoms with Crippen molar-refractivity contribution in [3.8, 4) is 0 Å². The molecule has 2 aromatic carbocycles. The lowest BCUT2D eigenvalue weighted by Gasteiger charge is -2.05. The third-order valence-corrected chi connectivity index (χ3v) is 4.26. The van der Waals surface area contributed by atoms with Crippen LogP contribution in [0.5, 0.6) is 0 Å². The third-order valence-electron chi connectivity index (χ3n) is 2.80. The first-order valence-electron chi connectivity index (χ1n) is 6.47. The summed E-state index contributed by atoms with van der Waals surface area (Å²) < 4.78 is 23.2. The highest BCUT2D eigenvalue weighted by molar-refractivity contribution is 9.10. The second kappa shape index (κ2) is 7.40. The Balaban J connectivity index is 1.91. The van der Waals surface area contributed by atoms with Crippen LogP contribution < -0.4 is 15.8 Å². The van der Waals surface area contributed by atoms with Gasteiger partial charge >= 0.3 is 6.03 Å². The van der Waals surface area contributed by atoms with Crippen molar-refractivity contribution in [3.05, 3.63) is 64.8 Å². The molecular formula is C15H14BrN3O3S. The fourth-order valence-electron chi connectivity index (χ4n) is 1.68. The lowest BCUT2D eigenvalue weighted by molar-refractivity contribution is 0.255. The van der Waals surface area contributed by atoms with Gasteiger partial charge in [0.1, 0.15) is 0 Å². The summed E-state index contributed by atoms with van der Waals surface area (Å²) in [5.74, 6) is 0. The van der Waals surface area contributed by atoms with Gasteiger partial charge < -0.3 is 10.6 Å². The van der Waals surface area contributed by atoms with E-state index >= 15 is 0 Å². The van der Waals surface area contributed by atoms with Gasteiger partial charge in [0, 0.05) is 16.4 Å². The summed E-state index contributed by atoms with van der Waals surface area (Å²) in [5.41, 5.74) is 1.39. The van der Waals surface area contributed by atoms with E-state index in [1.165, 1.54) is 30.5 Å². The first-order chi connectivity index (χ1) is 10.8. The minimum atomic E-state index is -3.74. The molecule has 0 saturated heterocycles. The predicted octanol–water partition coefficient (Wildman–Crippen LogP) is 2.89. The lowest BCUT2D eigenvalue weighted by atomic mass is 10.2. The van der Waals surface area contributed by atoms with Crippen LogP contribution in [0.25, 0.3) is 6.08 Å². The molecule has 0 saturated carbocycles. The van der Waals surface area contributed by atoms with Crippen LogP contribution in [-0.4, -0.2) is 14.4 Å². The van der Waals surface area contributed by atoms with Gasteiger partial charge in [0.05, 0.1) is 4.90 Å². The number of carbonyl (C=O) groups excluding carboxylic acids is 1. The molecule has 0 bridgehead atoms. The number of halogens is 1. The number of rotatable bonds is 4. The maximum absolute atomic E-state index is 11.7. The van der Waals surface area contributed by atoms with Gasteiger partial charge in [-0.15, -0.1) is 0 Å². The molecule has 6 nitrogen and oxygen atoms in total. The van der Waals surface area contributed by atoms with Crippen LogP contribution >= 0.6 is 15.9 Å². The molecule has 0 unspecified atom stereocenters. The van der Waals surface area contributed by atoms with Gasteiger partial charge in [-0.25, -0.2) is 18.4 Å². The molecule has 2 aromatic rings. The van der Waals surface area contributed by atoms with Crippen molar-refractivity contribution in [2.24, 2.45) is 5.14 Å². The molecule has 0 aromatic heterocycles. The quantitative estimate of drug-likeness (QED) is 0.741. The van der Waals surface area contributed by atoms with E-state index in [-0.39, 0.29) is 4.90 Å². The summed E-state index contributed by atoms with van der Waals surface area (Å²) in [4.78, 5) is 11.7. The van der Waals surface area contributed by atoms with E-state index in [2.05, 4.69) is 26.6 Å². The molecule has 120 valence electrons. The maximum Gasteiger partial charge on any atom is 0.323 e. The van der Waals surface area contributed by atoms with Crippen LogP contribution in [0.4, 0.5) is 10.5 Å². The standard InChI is InChI=1S/C15H14BrN3O3S/c16-12-3-1-11(2-4-12)9-10-18-15(20)19-13-5-7-14(8-6-13)23(17,21)22/h1-10H,(H2,17,21,22)(H2,18,19,20)/b10-9+.